The zero-order valence-corrected chi connectivity index (χ0v) is 16.9. The van der Waals surface area contributed by atoms with Crippen molar-refractivity contribution >= 4 is 18.2 Å². The fourth-order valence-corrected chi connectivity index (χ4v) is 5.98. The predicted molar refractivity (Wildman–Crippen MR) is 106 cm³/mol. The van der Waals surface area contributed by atoms with E-state index < -0.39 is 5.54 Å². The molecule has 1 saturated heterocycles. The third kappa shape index (κ3) is 2.61. The number of amides is 3. The van der Waals surface area contributed by atoms with Crippen LogP contribution in [0.5, 0.6) is 0 Å². The second-order valence-electron chi connectivity index (χ2n) is 9.18. The molecule has 0 aromatic heterocycles. The highest BCUT2D eigenvalue weighted by atomic mass is 16.5. The molecule has 1 aromatic rings. The summed E-state index contributed by atoms with van der Waals surface area (Å²) in [6, 6.07) is 6.20. The SMILES string of the molecule is COC1CCC2(CC1)Cc1ccc(C3CC3)cc1C21NC(=O)N(CCC=O)C1=O. The highest BCUT2D eigenvalue weighted by Crippen LogP contribution is 2.60. The number of hydrogen-bond acceptors (Lipinski definition) is 4. The van der Waals surface area contributed by atoms with Gasteiger partial charge in [-0.3, -0.25) is 9.69 Å². The minimum Gasteiger partial charge on any atom is -0.381 e. The van der Waals surface area contributed by atoms with E-state index in [1.54, 1.807) is 7.11 Å². The summed E-state index contributed by atoms with van der Waals surface area (Å²) in [5.74, 6) is 0.406. The van der Waals surface area contributed by atoms with Gasteiger partial charge in [0.15, 0.2) is 5.54 Å². The zero-order valence-electron chi connectivity index (χ0n) is 16.9. The number of aldehydes is 1. The number of imide groups is 1. The molecule has 3 amide bonds. The lowest BCUT2D eigenvalue weighted by molar-refractivity contribution is -0.138. The highest BCUT2D eigenvalue weighted by Gasteiger charge is 2.68. The second kappa shape index (κ2) is 6.66. The van der Waals surface area contributed by atoms with E-state index in [2.05, 4.69) is 23.5 Å². The van der Waals surface area contributed by atoms with Crippen LogP contribution in [-0.4, -0.2) is 42.9 Å². The maximum Gasteiger partial charge on any atom is 0.325 e. The molecule has 1 atom stereocenters. The number of benzene rings is 1. The van der Waals surface area contributed by atoms with Gasteiger partial charge in [0.1, 0.15) is 6.29 Å². The van der Waals surface area contributed by atoms with Crippen molar-refractivity contribution in [1.82, 2.24) is 10.2 Å². The predicted octanol–water partition coefficient (Wildman–Crippen LogP) is 3.03. The Morgan fingerprint density at radius 2 is 1.97 bits per heavy atom. The van der Waals surface area contributed by atoms with Gasteiger partial charge in [-0.05, 0) is 67.6 Å². The molecule has 5 rings (SSSR count). The van der Waals surface area contributed by atoms with Gasteiger partial charge in [0.25, 0.3) is 5.91 Å². The minimum absolute atomic E-state index is 0.143. The molecule has 0 bridgehead atoms. The first-order valence-corrected chi connectivity index (χ1v) is 10.8. The third-order valence-corrected chi connectivity index (χ3v) is 7.71. The molecular formula is C23H28N2O4. The van der Waals surface area contributed by atoms with Crippen LogP contribution < -0.4 is 5.32 Å². The summed E-state index contributed by atoms with van der Waals surface area (Å²) in [6.45, 7) is 0.143. The number of carbonyl (C=O) groups is 3. The van der Waals surface area contributed by atoms with Gasteiger partial charge >= 0.3 is 6.03 Å². The van der Waals surface area contributed by atoms with Crippen molar-refractivity contribution < 1.29 is 19.1 Å². The summed E-state index contributed by atoms with van der Waals surface area (Å²) >= 11 is 0. The van der Waals surface area contributed by atoms with Crippen LogP contribution in [0.4, 0.5) is 4.79 Å². The largest absolute Gasteiger partial charge is 0.381 e. The average molecular weight is 396 g/mol. The molecular weight excluding hydrogens is 368 g/mol. The molecule has 1 heterocycles. The minimum atomic E-state index is -1.01. The average Bonchev–Trinajstić information content (AvgIpc) is 3.50. The van der Waals surface area contributed by atoms with E-state index in [-0.39, 0.29) is 36.4 Å². The lowest BCUT2D eigenvalue weighted by Crippen LogP contribution is -2.56. The normalized spacial score (nSPS) is 33.4. The van der Waals surface area contributed by atoms with Crippen LogP contribution >= 0.6 is 0 Å². The monoisotopic (exact) mass is 396 g/mol. The summed E-state index contributed by atoms with van der Waals surface area (Å²) in [6.07, 6.45) is 7.79. The summed E-state index contributed by atoms with van der Waals surface area (Å²) in [5, 5.41) is 3.15. The van der Waals surface area contributed by atoms with Gasteiger partial charge in [-0.2, -0.15) is 0 Å². The van der Waals surface area contributed by atoms with E-state index in [4.69, 9.17) is 4.74 Å². The van der Waals surface area contributed by atoms with Crippen LogP contribution in [0.1, 0.15) is 67.6 Å². The molecule has 1 aromatic carbocycles. The Kier molecular flexibility index (Phi) is 4.32. The van der Waals surface area contributed by atoms with Gasteiger partial charge in [0.05, 0.1) is 6.10 Å². The van der Waals surface area contributed by atoms with Gasteiger partial charge in [-0.15, -0.1) is 0 Å². The van der Waals surface area contributed by atoms with Crippen molar-refractivity contribution in [3.63, 3.8) is 0 Å². The smallest absolute Gasteiger partial charge is 0.325 e. The molecule has 1 unspecified atom stereocenters. The molecule has 3 fully saturated rings. The number of fused-ring (bicyclic) bond motifs is 3. The topological polar surface area (TPSA) is 75.7 Å². The number of methoxy groups -OCH3 is 1. The van der Waals surface area contributed by atoms with Gasteiger partial charge in [-0.25, -0.2) is 4.79 Å². The van der Waals surface area contributed by atoms with Crippen LogP contribution in [0.3, 0.4) is 0 Å². The van der Waals surface area contributed by atoms with E-state index in [9.17, 15) is 14.4 Å². The van der Waals surface area contributed by atoms with Crippen molar-refractivity contribution in [2.24, 2.45) is 5.41 Å². The van der Waals surface area contributed by atoms with Gasteiger partial charge < -0.3 is 14.8 Å². The number of nitrogens with one attached hydrogen (secondary N) is 1. The fourth-order valence-electron chi connectivity index (χ4n) is 5.98. The molecule has 1 N–H and O–H groups in total. The van der Waals surface area contributed by atoms with E-state index in [0.29, 0.717) is 5.92 Å². The molecule has 2 saturated carbocycles. The molecule has 4 aliphatic rings. The Bertz CT molecular complexity index is 870. The Morgan fingerprint density at radius 3 is 2.62 bits per heavy atom. The van der Waals surface area contributed by atoms with Crippen molar-refractivity contribution in [3.05, 3.63) is 34.9 Å². The summed E-state index contributed by atoms with van der Waals surface area (Å²) in [7, 11) is 1.74. The summed E-state index contributed by atoms with van der Waals surface area (Å²) in [5.41, 5.74) is 2.11. The molecule has 2 spiro atoms. The zero-order chi connectivity index (χ0) is 20.2. The van der Waals surface area contributed by atoms with Crippen molar-refractivity contribution in [2.45, 2.75) is 68.9 Å². The van der Waals surface area contributed by atoms with Crippen LogP contribution in [0.25, 0.3) is 0 Å². The van der Waals surface area contributed by atoms with Gasteiger partial charge in [0, 0.05) is 25.5 Å². The molecule has 6 nitrogen and oxygen atoms in total. The van der Waals surface area contributed by atoms with Crippen LogP contribution in [-0.2, 0) is 26.3 Å². The molecule has 3 aliphatic carbocycles. The van der Waals surface area contributed by atoms with E-state index in [1.165, 1.54) is 28.9 Å². The van der Waals surface area contributed by atoms with Crippen molar-refractivity contribution in [3.8, 4) is 0 Å². The lowest BCUT2D eigenvalue weighted by Gasteiger charge is -2.46. The van der Waals surface area contributed by atoms with E-state index >= 15 is 0 Å². The Morgan fingerprint density at radius 1 is 1.21 bits per heavy atom. The Hall–Kier alpha value is -2.21. The first-order chi connectivity index (χ1) is 14.0. The summed E-state index contributed by atoms with van der Waals surface area (Å²) in [4.78, 5) is 38.9. The number of ether oxygens (including phenoxy) is 1. The van der Waals surface area contributed by atoms with Crippen LogP contribution in [0, 0.1) is 5.41 Å². The Balaban J connectivity index is 1.61. The number of urea groups is 1. The lowest BCUT2D eigenvalue weighted by atomic mass is 9.61. The first kappa shape index (κ1) is 18.8. The quantitative estimate of drug-likeness (QED) is 0.613. The second-order valence-corrected chi connectivity index (χ2v) is 9.18. The van der Waals surface area contributed by atoms with E-state index in [0.717, 1.165) is 44.0 Å². The maximum absolute atomic E-state index is 13.8. The molecule has 0 radical (unpaired) electrons. The third-order valence-electron chi connectivity index (χ3n) is 7.71. The van der Waals surface area contributed by atoms with E-state index in [1.807, 2.05) is 0 Å². The fraction of sp³-hybridized carbons (Fsp3) is 0.609. The molecule has 154 valence electrons. The van der Waals surface area contributed by atoms with Crippen LogP contribution in [0.15, 0.2) is 18.2 Å². The molecule has 29 heavy (non-hydrogen) atoms. The molecule has 1 aliphatic heterocycles. The summed E-state index contributed by atoms with van der Waals surface area (Å²) < 4.78 is 5.58. The number of carbonyl (C=O) groups excluding carboxylic acids is 3. The number of hydrogen-bond donors (Lipinski definition) is 1. The highest BCUT2D eigenvalue weighted by molar-refractivity contribution is 6.09. The maximum atomic E-state index is 13.8. The molecule has 6 heteroatoms. The van der Waals surface area contributed by atoms with Crippen molar-refractivity contribution in [2.75, 3.05) is 13.7 Å². The number of nitrogens with zero attached hydrogens (tertiary/aromatic N) is 1. The van der Waals surface area contributed by atoms with Crippen LogP contribution in [0.2, 0.25) is 0 Å². The Labute approximate surface area is 171 Å². The standard InChI is InChI=1S/C23H28N2O4/c1-29-18-7-9-22(10-8-18)14-17-6-5-16(15-3-4-15)13-19(17)23(22)20(27)25(11-2-12-26)21(28)24-23/h5-6,12-13,15,18H,2-4,7-11,14H2,1H3,(H,24,28). The van der Waals surface area contributed by atoms with Gasteiger partial charge in [-0.1, -0.05) is 18.2 Å². The number of rotatable bonds is 5. The van der Waals surface area contributed by atoms with Crippen molar-refractivity contribution in [1.29, 1.82) is 0 Å². The first-order valence-electron chi connectivity index (χ1n) is 10.8. The van der Waals surface area contributed by atoms with Gasteiger partial charge in [0.2, 0.25) is 0 Å².